The maximum atomic E-state index is 8.98. The summed E-state index contributed by atoms with van der Waals surface area (Å²) in [5, 5.41) is 12.6. The van der Waals surface area contributed by atoms with Crippen molar-refractivity contribution in [3.63, 3.8) is 0 Å². The fourth-order valence-corrected chi connectivity index (χ4v) is 2.57. The normalized spacial score (nSPS) is 11.5. The standard InChI is InChI=1S/C21H18N2/c1-16-7-11-18(12-8-16)21(23-20-5-3-2-4-6-20)19-13-9-17(15-22)10-14-19/h2-14,21,23H,1H3/t21-/m0/s1. The van der Waals surface area contributed by atoms with Crippen molar-refractivity contribution in [2.24, 2.45) is 0 Å². The maximum absolute atomic E-state index is 8.98. The smallest absolute Gasteiger partial charge is 0.0991 e. The molecule has 0 fully saturated rings. The molecule has 0 aliphatic heterocycles. The predicted molar refractivity (Wildman–Crippen MR) is 94.2 cm³/mol. The lowest BCUT2D eigenvalue weighted by atomic mass is 9.96. The van der Waals surface area contributed by atoms with Crippen LogP contribution in [0.15, 0.2) is 78.9 Å². The number of benzene rings is 3. The average molecular weight is 298 g/mol. The van der Waals surface area contributed by atoms with Crippen LogP contribution >= 0.6 is 0 Å². The van der Waals surface area contributed by atoms with Gasteiger partial charge in [-0.25, -0.2) is 0 Å². The lowest BCUT2D eigenvalue weighted by Gasteiger charge is -2.21. The van der Waals surface area contributed by atoms with Crippen LogP contribution < -0.4 is 5.32 Å². The first-order valence-corrected chi connectivity index (χ1v) is 7.64. The maximum Gasteiger partial charge on any atom is 0.0991 e. The number of nitrogens with zero attached hydrogens (tertiary/aromatic N) is 1. The molecule has 112 valence electrons. The second kappa shape index (κ2) is 6.81. The Balaban J connectivity index is 1.98. The van der Waals surface area contributed by atoms with Gasteiger partial charge in [0.1, 0.15) is 0 Å². The molecule has 2 heteroatoms. The van der Waals surface area contributed by atoms with Gasteiger partial charge in [0.2, 0.25) is 0 Å². The van der Waals surface area contributed by atoms with Gasteiger partial charge in [0.15, 0.2) is 0 Å². The van der Waals surface area contributed by atoms with Crippen molar-refractivity contribution in [3.8, 4) is 6.07 Å². The fourth-order valence-electron chi connectivity index (χ4n) is 2.57. The van der Waals surface area contributed by atoms with E-state index in [0.717, 1.165) is 11.3 Å². The number of nitrogens with one attached hydrogen (secondary N) is 1. The SMILES string of the molecule is Cc1ccc([C@H](Nc2ccccc2)c2ccc(C#N)cc2)cc1. The van der Waals surface area contributed by atoms with Crippen LogP contribution in [0.25, 0.3) is 0 Å². The summed E-state index contributed by atoms with van der Waals surface area (Å²) < 4.78 is 0. The highest BCUT2D eigenvalue weighted by molar-refractivity contribution is 5.50. The van der Waals surface area contributed by atoms with Crippen LogP contribution in [0.5, 0.6) is 0 Å². The number of hydrogen-bond acceptors (Lipinski definition) is 2. The molecule has 0 spiro atoms. The van der Waals surface area contributed by atoms with Gasteiger partial charge in [-0.2, -0.15) is 5.26 Å². The van der Waals surface area contributed by atoms with E-state index in [4.69, 9.17) is 5.26 Å². The molecule has 0 bridgehead atoms. The van der Waals surface area contributed by atoms with Crippen LogP contribution in [0.3, 0.4) is 0 Å². The third-order valence-electron chi connectivity index (χ3n) is 3.87. The van der Waals surface area contributed by atoms with Crippen molar-refractivity contribution < 1.29 is 0 Å². The third-order valence-corrected chi connectivity index (χ3v) is 3.87. The minimum absolute atomic E-state index is 0.0470. The van der Waals surface area contributed by atoms with Gasteiger partial charge >= 0.3 is 0 Å². The Kier molecular flexibility index (Phi) is 4.40. The number of hydrogen-bond donors (Lipinski definition) is 1. The first-order chi connectivity index (χ1) is 11.3. The molecule has 2 nitrogen and oxygen atoms in total. The molecule has 0 heterocycles. The summed E-state index contributed by atoms with van der Waals surface area (Å²) in [6.45, 7) is 2.09. The van der Waals surface area contributed by atoms with Gasteiger partial charge in [-0.05, 0) is 42.3 Å². The lowest BCUT2D eigenvalue weighted by molar-refractivity contribution is 0.938. The molecule has 3 aromatic rings. The third kappa shape index (κ3) is 3.59. The van der Waals surface area contributed by atoms with Crippen molar-refractivity contribution >= 4 is 5.69 Å². The second-order valence-corrected chi connectivity index (χ2v) is 5.59. The highest BCUT2D eigenvalue weighted by Gasteiger charge is 2.14. The number of para-hydroxylation sites is 1. The Morgan fingerprint density at radius 1 is 0.783 bits per heavy atom. The Morgan fingerprint density at radius 3 is 1.91 bits per heavy atom. The van der Waals surface area contributed by atoms with Crippen LogP contribution in [0.4, 0.5) is 5.69 Å². The van der Waals surface area contributed by atoms with E-state index >= 15 is 0 Å². The van der Waals surface area contributed by atoms with E-state index in [9.17, 15) is 0 Å². The van der Waals surface area contributed by atoms with E-state index in [0.29, 0.717) is 5.56 Å². The molecule has 0 aromatic heterocycles. The van der Waals surface area contributed by atoms with Gasteiger partial charge in [0, 0.05) is 5.69 Å². The summed E-state index contributed by atoms with van der Waals surface area (Å²) in [6, 6.07) is 28.7. The predicted octanol–water partition coefficient (Wildman–Crippen LogP) is 5.07. The molecule has 0 unspecified atom stereocenters. The summed E-state index contributed by atoms with van der Waals surface area (Å²) >= 11 is 0. The molecule has 0 radical (unpaired) electrons. The summed E-state index contributed by atoms with van der Waals surface area (Å²) in [6.07, 6.45) is 0. The lowest BCUT2D eigenvalue weighted by Crippen LogP contribution is -2.12. The first-order valence-electron chi connectivity index (χ1n) is 7.64. The molecule has 23 heavy (non-hydrogen) atoms. The van der Waals surface area contributed by atoms with E-state index in [-0.39, 0.29) is 6.04 Å². The van der Waals surface area contributed by atoms with Gasteiger partial charge < -0.3 is 5.32 Å². The van der Waals surface area contributed by atoms with Crippen LogP contribution in [-0.2, 0) is 0 Å². The quantitative estimate of drug-likeness (QED) is 0.730. The Hall–Kier alpha value is -3.05. The number of anilines is 1. The van der Waals surface area contributed by atoms with Gasteiger partial charge in [-0.15, -0.1) is 0 Å². The zero-order valence-electron chi connectivity index (χ0n) is 13.0. The van der Waals surface area contributed by atoms with Gasteiger partial charge in [0.25, 0.3) is 0 Å². The molecule has 0 amide bonds. The van der Waals surface area contributed by atoms with Gasteiger partial charge in [0.05, 0.1) is 17.7 Å². The number of nitriles is 1. The molecule has 0 saturated heterocycles. The van der Waals surface area contributed by atoms with Crippen molar-refractivity contribution in [2.75, 3.05) is 5.32 Å². The summed E-state index contributed by atoms with van der Waals surface area (Å²) in [7, 11) is 0. The largest absolute Gasteiger partial charge is 0.374 e. The zero-order valence-corrected chi connectivity index (χ0v) is 13.0. The van der Waals surface area contributed by atoms with E-state index in [1.54, 1.807) is 0 Å². The topological polar surface area (TPSA) is 35.8 Å². The van der Waals surface area contributed by atoms with Crippen molar-refractivity contribution in [1.82, 2.24) is 0 Å². The molecule has 0 saturated carbocycles. The molecular weight excluding hydrogens is 280 g/mol. The second-order valence-electron chi connectivity index (χ2n) is 5.59. The summed E-state index contributed by atoms with van der Waals surface area (Å²) in [5.41, 5.74) is 5.33. The monoisotopic (exact) mass is 298 g/mol. The van der Waals surface area contributed by atoms with E-state index in [2.05, 4.69) is 54.7 Å². The summed E-state index contributed by atoms with van der Waals surface area (Å²) in [5.74, 6) is 0. The average Bonchev–Trinajstić information content (AvgIpc) is 2.62. The number of aryl methyl sites for hydroxylation is 1. The molecule has 3 rings (SSSR count). The minimum Gasteiger partial charge on any atom is -0.374 e. The van der Waals surface area contributed by atoms with Gasteiger partial charge in [-0.3, -0.25) is 0 Å². The Labute approximate surface area is 137 Å². The van der Waals surface area contributed by atoms with E-state index < -0.39 is 0 Å². The van der Waals surface area contributed by atoms with Crippen LogP contribution in [-0.4, -0.2) is 0 Å². The first kappa shape index (κ1) is 14.9. The highest BCUT2D eigenvalue weighted by atomic mass is 14.9. The minimum atomic E-state index is 0.0470. The molecule has 0 aliphatic carbocycles. The fraction of sp³-hybridized carbons (Fsp3) is 0.0952. The summed E-state index contributed by atoms with van der Waals surface area (Å²) in [4.78, 5) is 0. The van der Waals surface area contributed by atoms with Crippen LogP contribution in [0, 0.1) is 18.3 Å². The van der Waals surface area contributed by atoms with Crippen molar-refractivity contribution in [3.05, 3.63) is 101 Å². The Bertz CT molecular complexity index is 797. The van der Waals surface area contributed by atoms with Crippen LogP contribution in [0.1, 0.15) is 28.3 Å². The molecular formula is C21H18N2. The molecule has 1 N–H and O–H groups in total. The van der Waals surface area contributed by atoms with Crippen molar-refractivity contribution in [1.29, 1.82) is 5.26 Å². The zero-order chi connectivity index (χ0) is 16.1. The van der Waals surface area contributed by atoms with Crippen molar-refractivity contribution in [2.45, 2.75) is 13.0 Å². The highest BCUT2D eigenvalue weighted by Crippen LogP contribution is 2.27. The van der Waals surface area contributed by atoms with Crippen LogP contribution in [0.2, 0.25) is 0 Å². The van der Waals surface area contributed by atoms with Gasteiger partial charge in [-0.1, -0.05) is 60.2 Å². The van der Waals surface area contributed by atoms with E-state index in [1.165, 1.54) is 11.1 Å². The van der Waals surface area contributed by atoms with E-state index in [1.807, 2.05) is 42.5 Å². The molecule has 1 atom stereocenters. The molecule has 0 aliphatic rings. The number of rotatable bonds is 4. The molecule has 3 aromatic carbocycles. The Morgan fingerprint density at radius 2 is 1.35 bits per heavy atom.